The number of sulfonamides is 1. The Bertz CT molecular complexity index is 544. The average molecular weight is 240 g/mol. The van der Waals surface area contributed by atoms with Gasteiger partial charge < -0.3 is 0 Å². The Kier molecular flexibility index (Phi) is 2.56. The van der Waals surface area contributed by atoms with Crippen molar-refractivity contribution in [1.82, 2.24) is 4.98 Å². The van der Waals surface area contributed by atoms with E-state index in [1.54, 1.807) is 17.6 Å². The number of nitrogens with two attached hydrogens (primary N) is 1. The maximum Gasteiger partial charge on any atom is 0.238 e. The lowest BCUT2D eigenvalue weighted by atomic mass is 10.2. The van der Waals surface area contributed by atoms with E-state index in [4.69, 9.17) is 5.14 Å². The molecule has 4 nitrogen and oxygen atoms in total. The van der Waals surface area contributed by atoms with Crippen molar-refractivity contribution < 1.29 is 8.42 Å². The van der Waals surface area contributed by atoms with Crippen molar-refractivity contribution >= 4 is 21.4 Å². The SMILES string of the molecule is NS(=O)(=O)c1ccc(-c2cscn2)cc1. The number of primary sulfonamides is 1. The van der Waals surface area contributed by atoms with Crippen LogP contribution in [0.15, 0.2) is 40.1 Å². The number of rotatable bonds is 2. The topological polar surface area (TPSA) is 73.1 Å². The van der Waals surface area contributed by atoms with Gasteiger partial charge in [-0.15, -0.1) is 11.3 Å². The van der Waals surface area contributed by atoms with Crippen LogP contribution in [0.1, 0.15) is 0 Å². The van der Waals surface area contributed by atoms with Gasteiger partial charge in [0.05, 0.1) is 16.1 Å². The number of aromatic nitrogens is 1. The molecule has 15 heavy (non-hydrogen) atoms. The molecule has 0 spiro atoms. The number of hydrogen-bond acceptors (Lipinski definition) is 4. The molecule has 1 aromatic heterocycles. The Hall–Kier alpha value is -1.24. The molecule has 0 amide bonds. The van der Waals surface area contributed by atoms with E-state index >= 15 is 0 Å². The van der Waals surface area contributed by atoms with Crippen LogP contribution in [0.5, 0.6) is 0 Å². The predicted molar refractivity (Wildman–Crippen MR) is 58.9 cm³/mol. The van der Waals surface area contributed by atoms with Crippen molar-refractivity contribution in [2.24, 2.45) is 5.14 Å². The lowest BCUT2D eigenvalue weighted by Gasteiger charge is -1.99. The zero-order valence-corrected chi connectivity index (χ0v) is 9.25. The zero-order valence-electron chi connectivity index (χ0n) is 7.62. The standard InChI is InChI=1S/C9H8N2O2S2/c10-15(12,13)8-3-1-7(2-4-8)9-5-14-6-11-9/h1-6H,(H2,10,12,13). The first kappa shape index (κ1) is 10.3. The highest BCUT2D eigenvalue weighted by Gasteiger charge is 2.07. The van der Waals surface area contributed by atoms with Gasteiger partial charge in [0.15, 0.2) is 0 Å². The molecule has 0 unspecified atom stereocenters. The second kappa shape index (κ2) is 3.73. The summed E-state index contributed by atoms with van der Waals surface area (Å²) in [4.78, 5) is 4.23. The van der Waals surface area contributed by atoms with E-state index in [0.717, 1.165) is 11.3 Å². The van der Waals surface area contributed by atoms with E-state index in [1.807, 2.05) is 5.38 Å². The largest absolute Gasteiger partial charge is 0.245 e. The second-order valence-corrected chi connectivity index (χ2v) is 5.22. The third-order valence-corrected chi connectivity index (χ3v) is 3.43. The van der Waals surface area contributed by atoms with Crippen molar-refractivity contribution in [2.75, 3.05) is 0 Å². The van der Waals surface area contributed by atoms with Crippen molar-refractivity contribution in [1.29, 1.82) is 0 Å². The fourth-order valence-corrected chi connectivity index (χ4v) is 2.25. The molecule has 2 N–H and O–H groups in total. The minimum Gasteiger partial charge on any atom is -0.245 e. The van der Waals surface area contributed by atoms with Gasteiger partial charge >= 0.3 is 0 Å². The minimum atomic E-state index is -3.61. The molecular formula is C9H8N2O2S2. The molecule has 0 aliphatic heterocycles. The van der Waals surface area contributed by atoms with E-state index in [0.29, 0.717) is 0 Å². The number of hydrogen-bond donors (Lipinski definition) is 1. The molecule has 0 atom stereocenters. The van der Waals surface area contributed by atoms with Gasteiger partial charge in [0.25, 0.3) is 0 Å². The maximum atomic E-state index is 11.0. The summed E-state index contributed by atoms with van der Waals surface area (Å²) in [5, 5.41) is 6.88. The predicted octanol–water partition coefficient (Wildman–Crippen LogP) is 1.46. The summed E-state index contributed by atoms with van der Waals surface area (Å²) >= 11 is 1.49. The van der Waals surface area contributed by atoms with Crippen LogP contribution in [0, 0.1) is 0 Å². The van der Waals surface area contributed by atoms with Gasteiger partial charge in [0.2, 0.25) is 10.0 Å². The van der Waals surface area contributed by atoms with Gasteiger partial charge in [-0.2, -0.15) is 0 Å². The molecule has 6 heteroatoms. The summed E-state index contributed by atoms with van der Waals surface area (Å²) in [5.41, 5.74) is 3.44. The van der Waals surface area contributed by atoms with Crippen LogP contribution in [0.3, 0.4) is 0 Å². The third-order valence-electron chi connectivity index (χ3n) is 1.91. The van der Waals surface area contributed by atoms with Gasteiger partial charge in [-0.1, -0.05) is 12.1 Å². The van der Waals surface area contributed by atoms with Gasteiger partial charge in [-0.25, -0.2) is 18.5 Å². The summed E-state index contributed by atoms with van der Waals surface area (Å²) in [6, 6.07) is 6.33. The van der Waals surface area contributed by atoms with Crippen LogP contribution >= 0.6 is 11.3 Å². The highest BCUT2D eigenvalue weighted by molar-refractivity contribution is 7.89. The molecule has 2 aromatic rings. The normalized spacial score (nSPS) is 11.5. The molecule has 0 fully saturated rings. The first-order chi connectivity index (χ1) is 7.07. The summed E-state index contributed by atoms with van der Waals surface area (Å²) in [5.74, 6) is 0. The lowest BCUT2D eigenvalue weighted by molar-refractivity contribution is 0.598. The summed E-state index contributed by atoms with van der Waals surface area (Å²) in [6.45, 7) is 0. The fourth-order valence-electron chi connectivity index (χ4n) is 1.17. The molecule has 0 aliphatic rings. The molecule has 0 aliphatic carbocycles. The van der Waals surface area contributed by atoms with E-state index < -0.39 is 10.0 Å². The summed E-state index contributed by atoms with van der Waals surface area (Å²) in [6.07, 6.45) is 0. The van der Waals surface area contributed by atoms with E-state index in [-0.39, 0.29) is 4.90 Å². The van der Waals surface area contributed by atoms with Crippen molar-refractivity contribution in [2.45, 2.75) is 4.90 Å². The Morgan fingerprint density at radius 1 is 1.20 bits per heavy atom. The Morgan fingerprint density at radius 3 is 2.33 bits per heavy atom. The Balaban J connectivity index is 2.42. The van der Waals surface area contributed by atoms with E-state index in [2.05, 4.69) is 4.98 Å². The van der Waals surface area contributed by atoms with Crippen LogP contribution in [0.25, 0.3) is 11.3 Å². The highest BCUT2D eigenvalue weighted by Crippen LogP contribution is 2.20. The van der Waals surface area contributed by atoms with E-state index in [9.17, 15) is 8.42 Å². The van der Waals surface area contributed by atoms with Gasteiger partial charge in [-0.05, 0) is 12.1 Å². The summed E-state index contributed by atoms with van der Waals surface area (Å²) < 4.78 is 22.0. The summed E-state index contributed by atoms with van der Waals surface area (Å²) in [7, 11) is -3.61. The molecule has 2 rings (SSSR count). The van der Waals surface area contributed by atoms with Gasteiger partial charge in [0.1, 0.15) is 0 Å². The molecule has 0 radical (unpaired) electrons. The Morgan fingerprint density at radius 2 is 1.87 bits per heavy atom. The van der Waals surface area contributed by atoms with Crippen LogP contribution in [0.2, 0.25) is 0 Å². The molecule has 0 bridgehead atoms. The Labute approximate surface area is 91.4 Å². The van der Waals surface area contributed by atoms with Gasteiger partial charge in [0, 0.05) is 10.9 Å². The molecule has 1 heterocycles. The first-order valence-electron chi connectivity index (χ1n) is 4.09. The molecule has 0 saturated heterocycles. The van der Waals surface area contributed by atoms with Crippen LogP contribution in [0.4, 0.5) is 0 Å². The first-order valence-corrected chi connectivity index (χ1v) is 6.58. The quantitative estimate of drug-likeness (QED) is 0.863. The highest BCUT2D eigenvalue weighted by atomic mass is 32.2. The second-order valence-electron chi connectivity index (χ2n) is 2.94. The van der Waals surface area contributed by atoms with Gasteiger partial charge in [-0.3, -0.25) is 0 Å². The van der Waals surface area contributed by atoms with Crippen LogP contribution in [-0.4, -0.2) is 13.4 Å². The fraction of sp³-hybridized carbons (Fsp3) is 0. The van der Waals surface area contributed by atoms with Crippen molar-refractivity contribution in [3.8, 4) is 11.3 Å². The molecule has 0 saturated carbocycles. The molecule has 1 aromatic carbocycles. The number of benzene rings is 1. The maximum absolute atomic E-state index is 11.0. The number of nitrogens with zero attached hydrogens (tertiary/aromatic N) is 1. The monoisotopic (exact) mass is 240 g/mol. The third kappa shape index (κ3) is 2.23. The van der Waals surface area contributed by atoms with Crippen molar-refractivity contribution in [3.63, 3.8) is 0 Å². The van der Waals surface area contributed by atoms with Crippen molar-refractivity contribution in [3.05, 3.63) is 35.2 Å². The molecular weight excluding hydrogens is 232 g/mol. The van der Waals surface area contributed by atoms with E-state index in [1.165, 1.54) is 23.5 Å². The smallest absolute Gasteiger partial charge is 0.238 e. The number of thiazole rings is 1. The van der Waals surface area contributed by atoms with Crippen LogP contribution < -0.4 is 5.14 Å². The lowest BCUT2D eigenvalue weighted by Crippen LogP contribution is -2.11. The average Bonchev–Trinajstić information content (AvgIpc) is 2.69. The zero-order chi connectivity index (χ0) is 10.9. The van der Waals surface area contributed by atoms with Crippen LogP contribution in [-0.2, 0) is 10.0 Å². The minimum absolute atomic E-state index is 0.112. The molecule has 78 valence electrons.